The summed E-state index contributed by atoms with van der Waals surface area (Å²) < 4.78 is 40.0. The molecule has 2 rings (SSSR count). The molecule has 1 aromatic carbocycles. The van der Waals surface area contributed by atoms with Crippen molar-refractivity contribution >= 4 is 24.1 Å². The van der Waals surface area contributed by atoms with E-state index in [-0.39, 0.29) is 21.9 Å². The number of hydrogen-bond donors (Lipinski definition) is 1. The highest BCUT2D eigenvalue weighted by molar-refractivity contribution is 7.84. The van der Waals surface area contributed by atoms with Crippen molar-refractivity contribution in [2.75, 3.05) is 0 Å². The fourth-order valence-corrected chi connectivity index (χ4v) is 3.20. The first-order valence-corrected chi connectivity index (χ1v) is 7.18. The SMILES string of the molecule is CC(=O)C1C(C)=NC(S)=C(C#N)[C@H]1c1ccccc1C(F)(F)F. The molecule has 0 saturated carbocycles. The molecular weight excluding hydrogens is 325 g/mol. The fourth-order valence-electron chi connectivity index (χ4n) is 2.85. The molecule has 1 unspecified atom stereocenters. The Morgan fingerprint density at radius 3 is 2.48 bits per heavy atom. The molecule has 0 saturated heterocycles. The summed E-state index contributed by atoms with van der Waals surface area (Å²) in [7, 11) is 0. The number of nitriles is 1. The van der Waals surface area contributed by atoms with Crippen LogP contribution >= 0.6 is 12.6 Å². The predicted molar refractivity (Wildman–Crippen MR) is 83.1 cm³/mol. The number of aliphatic imine (C=N–C) groups is 1. The van der Waals surface area contributed by atoms with Crippen LogP contribution in [0.4, 0.5) is 13.2 Å². The number of Topliss-reactive ketones (excluding diaryl/α,β-unsaturated/α-hetero) is 1. The lowest BCUT2D eigenvalue weighted by molar-refractivity contribution is -0.138. The first kappa shape index (κ1) is 17.3. The second kappa shape index (κ2) is 6.20. The van der Waals surface area contributed by atoms with E-state index >= 15 is 0 Å². The van der Waals surface area contributed by atoms with Gasteiger partial charge in [-0.3, -0.25) is 4.79 Å². The minimum absolute atomic E-state index is 0.0316. The third-order valence-corrected chi connectivity index (χ3v) is 4.12. The maximum atomic E-state index is 13.3. The molecular formula is C16H13F3N2OS. The topological polar surface area (TPSA) is 53.2 Å². The van der Waals surface area contributed by atoms with Crippen molar-refractivity contribution in [1.82, 2.24) is 0 Å². The molecule has 120 valence electrons. The van der Waals surface area contributed by atoms with Crippen molar-refractivity contribution in [3.63, 3.8) is 0 Å². The maximum absolute atomic E-state index is 13.3. The number of halogens is 3. The van der Waals surface area contributed by atoms with Crippen LogP contribution in [0.1, 0.15) is 30.9 Å². The van der Waals surface area contributed by atoms with Crippen molar-refractivity contribution in [2.45, 2.75) is 25.9 Å². The molecule has 23 heavy (non-hydrogen) atoms. The van der Waals surface area contributed by atoms with E-state index in [1.165, 1.54) is 25.1 Å². The zero-order chi connectivity index (χ0) is 17.4. The van der Waals surface area contributed by atoms with Gasteiger partial charge in [-0.05, 0) is 25.5 Å². The van der Waals surface area contributed by atoms with E-state index in [0.717, 1.165) is 6.07 Å². The Labute approximate surface area is 136 Å². The highest BCUT2D eigenvalue weighted by Crippen LogP contribution is 2.44. The molecule has 3 nitrogen and oxygen atoms in total. The largest absolute Gasteiger partial charge is 0.416 e. The smallest absolute Gasteiger partial charge is 0.299 e. The van der Waals surface area contributed by atoms with Crippen LogP contribution in [0, 0.1) is 17.2 Å². The molecule has 0 N–H and O–H groups in total. The van der Waals surface area contributed by atoms with E-state index in [9.17, 15) is 23.2 Å². The van der Waals surface area contributed by atoms with Gasteiger partial charge in [0.1, 0.15) is 10.8 Å². The van der Waals surface area contributed by atoms with Crippen molar-refractivity contribution in [3.05, 3.63) is 46.0 Å². The minimum atomic E-state index is -4.59. The second-order valence-corrected chi connectivity index (χ2v) is 5.68. The van der Waals surface area contributed by atoms with Crippen LogP contribution in [-0.2, 0) is 11.0 Å². The van der Waals surface area contributed by atoms with E-state index in [1.807, 2.05) is 6.07 Å². The van der Waals surface area contributed by atoms with E-state index in [4.69, 9.17) is 0 Å². The average molecular weight is 338 g/mol. The van der Waals surface area contributed by atoms with Gasteiger partial charge < -0.3 is 0 Å². The predicted octanol–water partition coefficient (Wildman–Crippen LogP) is 4.13. The van der Waals surface area contributed by atoms with Crippen molar-refractivity contribution < 1.29 is 18.0 Å². The molecule has 0 spiro atoms. The van der Waals surface area contributed by atoms with Crippen LogP contribution < -0.4 is 0 Å². The Morgan fingerprint density at radius 2 is 1.96 bits per heavy atom. The van der Waals surface area contributed by atoms with Crippen LogP contribution in [0.15, 0.2) is 39.9 Å². The molecule has 1 aliphatic rings. The normalized spacial score (nSPS) is 21.7. The van der Waals surface area contributed by atoms with E-state index < -0.39 is 23.6 Å². The molecule has 7 heteroatoms. The highest BCUT2D eigenvalue weighted by Gasteiger charge is 2.42. The number of rotatable bonds is 2. The highest BCUT2D eigenvalue weighted by atomic mass is 32.1. The Bertz CT molecular complexity index is 759. The van der Waals surface area contributed by atoms with Crippen LogP contribution in [-0.4, -0.2) is 11.5 Å². The number of alkyl halides is 3. The molecule has 0 bridgehead atoms. The van der Waals surface area contributed by atoms with Gasteiger partial charge in [-0.1, -0.05) is 18.2 Å². The monoisotopic (exact) mass is 338 g/mol. The molecule has 0 aromatic heterocycles. The quantitative estimate of drug-likeness (QED) is 0.824. The maximum Gasteiger partial charge on any atom is 0.416 e. The first-order chi connectivity index (χ1) is 10.7. The van der Waals surface area contributed by atoms with Gasteiger partial charge in [-0.2, -0.15) is 18.4 Å². The Balaban J connectivity index is 2.76. The molecule has 0 fully saturated rings. The molecule has 1 heterocycles. The molecule has 0 aliphatic carbocycles. The summed E-state index contributed by atoms with van der Waals surface area (Å²) in [5, 5.41) is 9.40. The summed E-state index contributed by atoms with van der Waals surface area (Å²) in [4.78, 5) is 16.0. The average Bonchev–Trinajstić information content (AvgIpc) is 2.45. The molecule has 0 amide bonds. The summed E-state index contributed by atoms with van der Waals surface area (Å²) in [5.74, 6) is -2.30. The lowest BCUT2D eigenvalue weighted by Crippen LogP contribution is -2.32. The Kier molecular flexibility index (Phi) is 4.66. The number of hydrogen-bond acceptors (Lipinski definition) is 4. The van der Waals surface area contributed by atoms with Crippen molar-refractivity contribution in [2.24, 2.45) is 10.9 Å². The number of nitrogens with zero attached hydrogens (tertiary/aromatic N) is 2. The zero-order valence-corrected chi connectivity index (χ0v) is 13.2. The van der Waals surface area contributed by atoms with Gasteiger partial charge in [-0.25, -0.2) is 4.99 Å². The zero-order valence-electron chi connectivity index (χ0n) is 12.3. The number of carbonyl (C=O) groups is 1. The number of carbonyl (C=O) groups excluding carboxylic acids is 1. The number of benzene rings is 1. The van der Waals surface area contributed by atoms with E-state index in [2.05, 4.69) is 17.6 Å². The van der Waals surface area contributed by atoms with Gasteiger partial charge in [0.2, 0.25) is 0 Å². The summed E-state index contributed by atoms with van der Waals surface area (Å²) in [6.45, 7) is 2.84. The van der Waals surface area contributed by atoms with Gasteiger partial charge >= 0.3 is 6.18 Å². The minimum Gasteiger partial charge on any atom is -0.299 e. The second-order valence-electron chi connectivity index (χ2n) is 5.25. The van der Waals surface area contributed by atoms with Crippen LogP contribution in [0.5, 0.6) is 0 Å². The van der Waals surface area contributed by atoms with E-state index in [0.29, 0.717) is 5.71 Å². The molecule has 1 aromatic rings. The fraction of sp³-hybridized carbons (Fsp3) is 0.312. The lowest BCUT2D eigenvalue weighted by atomic mass is 9.74. The number of allylic oxidation sites excluding steroid dienone is 1. The Morgan fingerprint density at radius 1 is 1.35 bits per heavy atom. The molecule has 1 aliphatic heterocycles. The summed E-state index contributed by atoms with van der Waals surface area (Å²) >= 11 is 4.10. The summed E-state index contributed by atoms with van der Waals surface area (Å²) in [6.07, 6.45) is -4.59. The van der Waals surface area contributed by atoms with E-state index in [1.54, 1.807) is 6.92 Å². The van der Waals surface area contributed by atoms with Crippen molar-refractivity contribution in [3.8, 4) is 6.07 Å². The standard InChI is InChI=1S/C16H13F3N2OS/c1-8-13(9(2)22)14(11(7-20)15(23)21-8)10-5-3-4-6-12(10)16(17,18)19/h3-6,13-14,23H,1-2H3/t13?,14-/m1/s1. The van der Waals surface area contributed by atoms with Crippen LogP contribution in [0.25, 0.3) is 0 Å². The lowest BCUT2D eigenvalue weighted by Gasteiger charge is -2.31. The number of ketones is 1. The molecule has 2 atom stereocenters. The van der Waals surface area contributed by atoms with Gasteiger partial charge in [0.25, 0.3) is 0 Å². The third kappa shape index (κ3) is 3.17. The van der Waals surface area contributed by atoms with Gasteiger partial charge in [0.05, 0.1) is 23.1 Å². The number of thiol groups is 1. The van der Waals surface area contributed by atoms with Gasteiger partial charge in [-0.15, -0.1) is 12.6 Å². The van der Waals surface area contributed by atoms with Crippen molar-refractivity contribution in [1.29, 1.82) is 5.26 Å². The van der Waals surface area contributed by atoms with Gasteiger partial charge in [0, 0.05) is 11.6 Å². The molecule has 0 radical (unpaired) electrons. The summed E-state index contributed by atoms with van der Waals surface area (Å²) in [5.41, 5.74) is -0.656. The van der Waals surface area contributed by atoms with Gasteiger partial charge in [0.15, 0.2) is 0 Å². The summed E-state index contributed by atoms with van der Waals surface area (Å²) in [6, 6.07) is 6.83. The Hall–Kier alpha value is -2.07. The van der Waals surface area contributed by atoms with Crippen LogP contribution in [0.2, 0.25) is 0 Å². The third-order valence-electron chi connectivity index (χ3n) is 3.78. The van der Waals surface area contributed by atoms with Crippen LogP contribution in [0.3, 0.4) is 0 Å². The first-order valence-electron chi connectivity index (χ1n) is 6.73.